The minimum Gasteiger partial charge on any atom is -0.467 e. The maximum absolute atomic E-state index is 12.5. The Labute approximate surface area is 151 Å². The van der Waals surface area contributed by atoms with Gasteiger partial charge in [0.25, 0.3) is 11.7 Å². The van der Waals surface area contributed by atoms with Crippen molar-refractivity contribution in [2.45, 2.75) is 17.2 Å². The van der Waals surface area contributed by atoms with E-state index < -0.39 is 30.3 Å². The zero-order valence-corrected chi connectivity index (χ0v) is 14.1. The van der Waals surface area contributed by atoms with E-state index in [1.54, 1.807) is 12.1 Å². The molecule has 0 atom stereocenters. The number of carbonyl (C=O) groups is 3. The Balaban J connectivity index is 1.79. The normalized spacial score (nSPS) is 10.4. The van der Waals surface area contributed by atoms with E-state index in [2.05, 4.69) is 5.32 Å². The molecule has 2 N–H and O–H groups in total. The molecule has 0 aliphatic carbocycles. The van der Waals surface area contributed by atoms with Gasteiger partial charge in [-0.2, -0.15) is 8.78 Å². The number of carbonyl (C=O) groups excluding carboxylic acids is 3. The van der Waals surface area contributed by atoms with Crippen molar-refractivity contribution in [3.63, 3.8) is 0 Å². The lowest BCUT2D eigenvalue weighted by Gasteiger charge is -2.09. The average Bonchev–Trinajstić information content (AvgIpc) is 3.11. The summed E-state index contributed by atoms with van der Waals surface area (Å²) in [5.41, 5.74) is -0.0899. The first-order valence-electron chi connectivity index (χ1n) is 7.26. The van der Waals surface area contributed by atoms with Crippen LogP contribution >= 0.6 is 11.8 Å². The van der Waals surface area contributed by atoms with Gasteiger partial charge in [-0.3, -0.25) is 10.1 Å². The molecular formula is C16H14F2N2O5S. The summed E-state index contributed by atoms with van der Waals surface area (Å²) in [5.74, 6) is -4.02. The fourth-order valence-corrected chi connectivity index (χ4v) is 2.46. The number of rotatable bonds is 7. The molecule has 0 bridgehead atoms. The summed E-state index contributed by atoms with van der Waals surface area (Å²) in [5, 5.41) is 4.34. The molecule has 0 spiro atoms. The van der Waals surface area contributed by atoms with Crippen molar-refractivity contribution in [1.29, 1.82) is 0 Å². The Hall–Kier alpha value is -2.88. The predicted octanol–water partition coefficient (Wildman–Crippen LogP) is 2.78. The highest BCUT2D eigenvalue weighted by atomic mass is 32.2. The molecule has 138 valence electrons. The van der Waals surface area contributed by atoms with E-state index in [1.165, 1.54) is 30.5 Å². The van der Waals surface area contributed by atoms with Crippen LogP contribution in [0.1, 0.15) is 16.1 Å². The van der Waals surface area contributed by atoms with Crippen molar-refractivity contribution in [3.8, 4) is 0 Å². The average molecular weight is 384 g/mol. The van der Waals surface area contributed by atoms with Gasteiger partial charge in [0, 0.05) is 4.90 Å². The van der Waals surface area contributed by atoms with E-state index in [0.717, 1.165) is 0 Å². The van der Waals surface area contributed by atoms with Gasteiger partial charge >= 0.3 is 12.0 Å². The van der Waals surface area contributed by atoms with Gasteiger partial charge in [-0.15, -0.1) is 0 Å². The number of ether oxygens (including phenoxy) is 1. The molecule has 2 aromatic rings. The van der Waals surface area contributed by atoms with Crippen LogP contribution in [0.3, 0.4) is 0 Å². The lowest BCUT2D eigenvalue weighted by atomic mass is 10.2. The molecule has 0 aliphatic rings. The highest BCUT2D eigenvalue weighted by Crippen LogP contribution is 2.28. The van der Waals surface area contributed by atoms with E-state index in [-0.39, 0.29) is 28.8 Å². The first kappa shape index (κ1) is 19.4. The van der Waals surface area contributed by atoms with Crippen molar-refractivity contribution < 1.29 is 32.3 Å². The second-order valence-corrected chi connectivity index (χ2v) is 5.79. The zero-order chi connectivity index (χ0) is 18.9. The highest BCUT2D eigenvalue weighted by Gasteiger charge is 2.18. The third-order valence-electron chi connectivity index (χ3n) is 2.91. The molecular weight excluding hydrogens is 370 g/mol. The number of hydrogen-bond acceptors (Lipinski definition) is 6. The van der Waals surface area contributed by atoms with Gasteiger partial charge in [0.1, 0.15) is 5.76 Å². The van der Waals surface area contributed by atoms with Gasteiger partial charge in [-0.05, 0) is 24.3 Å². The minimum absolute atomic E-state index is 0.0316. The van der Waals surface area contributed by atoms with Gasteiger partial charge in [0.05, 0.1) is 18.4 Å². The number of thioether (sulfide) groups is 1. The van der Waals surface area contributed by atoms with Gasteiger partial charge < -0.3 is 14.5 Å². The van der Waals surface area contributed by atoms with E-state index in [0.29, 0.717) is 5.76 Å². The number of nitrogens with one attached hydrogen (secondary N) is 2. The van der Waals surface area contributed by atoms with Crippen LogP contribution in [0.5, 0.6) is 0 Å². The second-order valence-electron chi connectivity index (χ2n) is 4.76. The summed E-state index contributed by atoms with van der Waals surface area (Å²) in [6.07, 6.45) is 1.43. The van der Waals surface area contributed by atoms with E-state index in [4.69, 9.17) is 9.15 Å². The van der Waals surface area contributed by atoms with E-state index in [1.807, 2.05) is 5.32 Å². The summed E-state index contributed by atoms with van der Waals surface area (Å²) in [6.45, 7) is -0.662. The molecule has 3 amide bonds. The first-order valence-corrected chi connectivity index (χ1v) is 8.14. The Kier molecular flexibility index (Phi) is 7.15. The maximum Gasteiger partial charge on any atom is 0.339 e. The zero-order valence-electron chi connectivity index (χ0n) is 13.2. The summed E-state index contributed by atoms with van der Waals surface area (Å²) in [4.78, 5) is 35.1. The van der Waals surface area contributed by atoms with Crippen LogP contribution in [0.2, 0.25) is 0 Å². The third-order valence-corrected chi connectivity index (χ3v) is 3.70. The number of amides is 3. The summed E-state index contributed by atoms with van der Waals surface area (Å²) >= 11 is 0.196. The summed E-state index contributed by atoms with van der Waals surface area (Å²) < 4.78 is 34.7. The van der Waals surface area contributed by atoms with Crippen molar-refractivity contribution in [2.75, 3.05) is 6.61 Å². The van der Waals surface area contributed by atoms with Crippen LogP contribution < -0.4 is 10.6 Å². The molecule has 1 heterocycles. The molecule has 0 saturated heterocycles. The number of hydrogen-bond donors (Lipinski definition) is 2. The monoisotopic (exact) mass is 384 g/mol. The lowest BCUT2D eigenvalue weighted by Crippen LogP contribution is -2.41. The second kappa shape index (κ2) is 9.56. The quantitative estimate of drug-likeness (QED) is 0.563. The van der Waals surface area contributed by atoms with Crippen LogP contribution in [-0.2, 0) is 16.1 Å². The molecule has 0 fully saturated rings. The number of imide groups is 1. The highest BCUT2D eigenvalue weighted by molar-refractivity contribution is 7.99. The largest absolute Gasteiger partial charge is 0.467 e. The first-order chi connectivity index (χ1) is 12.5. The van der Waals surface area contributed by atoms with Crippen LogP contribution in [0.15, 0.2) is 52.0 Å². The number of esters is 1. The smallest absolute Gasteiger partial charge is 0.339 e. The van der Waals surface area contributed by atoms with Gasteiger partial charge in [0.15, 0.2) is 6.61 Å². The van der Waals surface area contributed by atoms with Crippen LogP contribution in [-0.4, -0.2) is 30.3 Å². The predicted molar refractivity (Wildman–Crippen MR) is 87.7 cm³/mol. The van der Waals surface area contributed by atoms with Crippen LogP contribution in [0, 0.1) is 0 Å². The number of benzene rings is 1. The van der Waals surface area contributed by atoms with Crippen molar-refractivity contribution >= 4 is 29.7 Å². The molecule has 26 heavy (non-hydrogen) atoms. The van der Waals surface area contributed by atoms with Crippen molar-refractivity contribution in [1.82, 2.24) is 10.6 Å². The summed E-state index contributed by atoms with van der Waals surface area (Å²) in [6, 6.07) is 8.11. The van der Waals surface area contributed by atoms with Crippen LogP contribution in [0.4, 0.5) is 13.6 Å². The molecule has 0 unspecified atom stereocenters. The van der Waals surface area contributed by atoms with Crippen LogP contribution in [0.25, 0.3) is 0 Å². The summed E-state index contributed by atoms with van der Waals surface area (Å²) in [7, 11) is 0. The van der Waals surface area contributed by atoms with Gasteiger partial charge in [-0.25, -0.2) is 9.59 Å². The number of furan rings is 1. The Morgan fingerprint density at radius 2 is 1.92 bits per heavy atom. The lowest BCUT2D eigenvalue weighted by molar-refractivity contribution is -0.123. The molecule has 0 saturated carbocycles. The minimum atomic E-state index is -2.70. The molecule has 1 aromatic carbocycles. The number of urea groups is 1. The van der Waals surface area contributed by atoms with Crippen molar-refractivity contribution in [2.24, 2.45) is 0 Å². The fourth-order valence-electron chi connectivity index (χ4n) is 1.83. The molecule has 1 aromatic heterocycles. The number of halogens is 2. The van der Waals surface area contributed by atoms with E-state index in [9.17, 15) is 23.2 Å². The molecule has 2 rings (SSSR count). The Bertz CT molecular complexity index is 768. The topological polar surface area (TPSA) is 97.6 Å². The Morgan fingerprint density at radius 1 is 1.15 bits per heavy atom. The SMILES string of the molecule is O=C(COC(=O)c1ccccc1SC(F)F)NC(=O)NCc1ccco1. The molecule has 0 aliphatic heterocycles. The van der Waals surface area contributed by atoms with Gasteiger partial charge in [-0.1, -0.05) is 23.9 Å². The van der Waals surface area contributed by atoms with Gasteiger partial charge in [0.2, 0.25) is 0 Å². The molecule has 7 nitrogen and oxygen atoms in total. The van der Waals surface area contributed by atoms with Crippen molar-refractivity contribution in [3.05, 3.63) is 54.0 Å². The Morgan fingerprint density at radius 3 is 2.62 bits per heavy atom. The fraction of sp³-hybridized carbons (Fsp3) is 0.188. The van der Waals surface area contributed by atoms with E-state index >= 15 is 0 Å². The number of alkyl halides is 2. The molecule has 10 heteroatoms. The third kappa shape index (κ3) is 6.20. The maximum atomic E-state index is 12.5. The standard InChI is InChI=1S/C16H14F2N2O5S/c17-15(18)26-12-6-2-1-5-11(12)14(22)25-9-13(21)20-16(23)19-8-10-4-3-7-24-10/h1-7,15H,8-9H2,(H2,19,20,21,23). The molecule has 0 radical (unpaired) electrons.